The molecule has 15 heavy (non-hydrogen) atoms. The van der Waals surface area contributed by atoms with E-state index >= 15 is 0 Å². The summed E-state index contributed by atoms with van der Waals surface area (Å²) in [6.45, 7) is 5.19. The molecule has 0 N–H and O–H groups in total. The van der Waals surface area contributed by atoms with Crippen LogP contribution in [-0.2, 0) is 17.7 Å². The van der Waals surface area contributed by atoms with Crippen molar-refractivity contribution in [3.05, 3.63) is 34.4 Å². The van der Waals surface area contributed by atoms with Crippen LogP contribution in [0.5, 0.6) is 0 Å². The minimum Gasteiger partial charge on any atom is -0.372 e. The van der Waals surface area contributed by atoms with Gasteiger partial charge in [0.2, 0.25) is 0 Å². The molecule has 0 radical (unpaired) electrons. The van der Waals surface area contributed by atoms with E-state index < -0.39 is 0 Å². The molecule has 1 aromatic rings. The minimum atomic E-state index is 0.322. The zero-order valence-electron chi connectivity index (χ0n) is 9.42. The lowest BCUT2D eigenvalue weighted by atomic mass is 9.88. The Kier molecular flexibility index (Phi) is 2.08. The van der Waals surface area contributed by atoms with Gasteiger partial charge < -0.3 is 4.74 Å². The van der Waals surface area contributed by atoms with E-state index in [0.717, 1.165) is 26.1 Å². The Labute approximate surface area is 90.8 Å². The molecule has 2 aliphatic heterocycles. The van der Waals surface area contributed by atoms with E-state index in [1.54, 1.807) is 0 Å². The Balaban J connectivity index is 2.16. The van der Waals surface area contributed by atoms with Gasteiger partial charge in [0.05, 0.1) is 12.7 Å². The molecule has 0 aromatic heterocycles. The maximum absolute atomic E-state index is 5.85. The van der Waals surface area contributed by atoms with Crippen molar-refractivity contribution in [1.82, 2.24) is 4.90 Å². The van der Waals surface area contributed by atoms with Gasteiger partial charge in [0.15, 0.2) is 0 Å². The predicted molar refractivity (Wildman–Crippen MR) is 59.9 cm³/mol. The molecule has 80 valence electrons. The van der Waals surface area contributed by atoms with Crippen molar-refractivity contribution in [3.8, 4) is 0 Å². The van der Waals surface area contributed by atoms with Gasteiger partial charge in [-0.3, -0.25) is 4.90 Å². The maximum atomic E-state index is 5.85. The number of hydrogen-bond acceptors (Lipinski definition) is 2. The summed E-state index contributed by atoms with van der Waals surface area (Å²) >= 11 is 0. The number of aryl methyl sites for hydroxylation is 1. The zero-order chi connectivity index (χ0) is 10.4. The van der Waals surface area contributed by atoms with Crippen LogP contribution >= 0.6 is 0 Å². The number of hydrogen-bond donors (Lipinski definition) is 0. The van der Waals surface area contributed by atoms with Gasteiger partial charge in [-0.25, -0.2) is 0 Å². The Morgan fingerprint density at radius 1 is 1.33 bits per heavy atom. The molecule has 1 aromatic carbocycles. The highest BCUT2D eigenvalue weighted by atomic mass is 16.5. The molecule has 0 aliphatic carbocycles. The molecule has 0 bridgehead atoms. The van der Waals surface area contributed by atoms with Crippen LogP contribution in [0.4, 0.5) is 0 Å². The highest BCUT2D eigenvalue weighted by molar-refractivity contribution is 5.43. The number of benzene rings is 1. The molecule has 0 saturated heterocycles. The fourth-order valence-corrected chi connectivity index (χ4v) is 2.88. The van der Waals surface area contributed by atoms with Crippen LogP contribution in [0.2, 0.25) is 0 Å². The second kappa shape index (κ2) is 3.32. The smallest absolute Gasteiger partial charge is 0.0957 e. The second-order valence-electron chi connectivity index (χ2n) is 4.80. The zero-order valence-corrected chi connectivity index (χ0v) is 9.42. The summed E-state index contributed by atoms with van der Waals surface area (Å²) in [5, 5.41) is 0. The van der Waals surface area contributed by atoms with Crippen LogP contribution in [0, 0.1) is 6.92 Å². The molecule has 2 heteroatoms. The largest absolute Gasteiger partial charge is 0.372 e. The molecule has 0 fully saturated rings. The first kappa shape index (κ1) is 9.37. The molecule has 0 spiro atoms. The molecule has 3 rings (SSSR count). The third kappa shape index (κ3) is 1.48. The van der Waals surface area contributed by atoms with E-state index in [1.807, 2.05) is 0 Å². The summed E-state index contributed by atoms with van der Waals surface area (Å²) in [4.78, 5) is 2.35. The van der Waals surface area contributed by atoms with Gasteiger partial charge in [-0.2, -0.15) is 0 Å². The van der Waals surface area contributed by atoms with E-state index in [2.05, 4.69) is 31.0 Å². The summed E-state index contributed by atoms with van der Waals surface area (Å²) in [6.07, 6.45) is 1.41. The van der Waals surface area contributed by atoms with Crippen molar-refractivity contribution in [2.24, 2.45) is 0 Å². The molecular weight excluding hydrogens is 186 g/mol. The lowest BCUT2D eigenvalue weighted by molar-refractivity contribution is 0.00977. The van der Waals surface area contributed by atoms with E-state index in [4.69, 9.17) is 4.74 Å². The Morgan fingerprint density at radius 3 is 3.00 bits per heavy atom. The van der Waals surface area contributed by atoms with Crippen molar-refractivity contribution in [1.29, 1.82) is 0 Å². The molecular formula is C13H17NO. The molecule has 0 saturated carbocycles. The van der Waals surface area contributed by atoms with Crippen molar-refractivity contribution in [2.45, 2.75) is 26.0 Å². The highest BCUT2D eigenvalue weighted by Crippen LogP contribution is 2.35. The number of rotatable bonds is 0. The van der Waals surface area contributed by atoms with Crippen LogP contribution in [0.15, 0.2) is 12.1 Å². The van der Waals surface area contributed by atoms with Crippen LogP contribution in [0.1, 0.15) is 28.4 Å². The first-order chi connectivity index (χ1) is 7.24. The molecule has 2 nitrogen and oxygen atoms in total. The van der Waals surface area contributed by atoms with Crippen LogP contribution in [-0.4, -0.2) is 25.1 Å². The Morgan fingerprint density at radius 2 is 2.13 bits per heavy atom. The average Bonchev–Trinajstić information content (AvgIpc) is 2.16. The van der Waals surface area contributed by atoms with Crippen LogP contribution < -0.4 is 0 Å². The first-order valence-electron chi connectivity index (χ1n) is 5.66. The Hall–Kier alpha value is -0.860. The third-order valence-corrected chi connectivity index (χ3v) is 3.43. The highest BCUT2D eigenvalue weighted by Gasteiger charge is 2.29. The maximum Gasteiger partial charge on any atom is 0.0957 e. The summed E-state index contributed by atoms with van der Waals surface area (Å²) in [5.74, 6) is 0. The van der Waals surface area contributed by atoms with Gasteiger partial charge in [0.1, 0.15) is 0 Å². The van der Waals surface area contributed by atoms with Gasteiger partial charge in [0.25, 0.3) is 0 Å². The third-order valence-electron chi connectivity index (χ3n) is 3.43. The van der Waals surface area contributed by atoms with E-state index in [1.165, 1.54) is 22.3 Å². The Bertz CT molecular complexity index is 400. The standard InChI is InChI=1S/C13H17NO/c1-9-5-10-3-4-15-12-8-14(2)7-11(6-9)13(10)12/h5-6,12H,3-4,7-8H2,1-2H3. The van der Waals surface area contributed by atoms with Crippen molar-refractivity contribution in [2.75, 3.05) is 20.2 Å². The normalized spacial score (nSPS) is 25.1. The second-order valence-corrected chi connectivity index (χ2v) is 4.80. The molecule has 0 amide bonds. The summed E-state index contributed by atoms with van der Waals surface area (Å²) in [7, 11) is 2.17. The van der Waals surface area contributed by atoms with Gasteiger partial charge in [-0.15, -0.1) is 0 Å². The van der Waals surface area contributed by atoms with E-state index in [-0.39, 0.29) is 0 Å². The topological polar surface area (TPSA) is 12.5 Å². The fourth-order valence-electron chi connectivity index (χ4n) is 2.88. The number of likely N-dealkylation sites (N-methyl/N-ethyl adjacent to an activating group) is 1. The quantitative estimate of drug-likeness (QED) is 0.640. The van der Waals surface area contributed by atoms with Gasteiger partial charge >= 0.3 is 0 Å². The van der Waals surface area contributed by atoms with Crippen molar-refractivity contribution in [3.63, 3.8) is 0 Å². The summed E-state index contributed by atoms with van der Waals surface area (Å²) in [6, 6.07) is 4.65. The van der Waals surface area contributed by atoms with Crippen LogP contribution in [0.25, 0.3) is 0 Å². The molecule has 2 heterocycles. The molecule has 2 aliphatic rings. The number of ether oxygens (including phenoxy) is 1. The van der Waals surface area contributed by atoms with E-state index in [9.17, 15) is 0 Å². The fraction of sp³-hybridized carbons (Fsp3) is 0.538. The van der Waals surface area contributed by atoms with Crippen molar-refractivity contribution >= 4 is 0 Å². The van der Waals surface area contributed by atoms with E-state index in [0.29, 0.717) is 6.10 Å². The van der Waals surface area contributed by atoms with Gasteiger partial charge in [-0.1, -0.05) is 17.7 Å². The summed E-state index contributed by atoms with van der Waals surface area (Å²) in [5.41, 5.74) is 5.88. The van der Waals surface area contributed by atoms with Crippen LogP contribution in [0.3, 0.4) is 0 Å². The lowest BCUT2D eigenvalue weighted by Crippen LogP contribution is -2.35. The minimum absolute atomic E-state index is 0.322. The molecule has 1 atom stereocenters. The average molecular weight is 203 g/mol. The predicted octanol–water partition coefficient (Wildman–Crippen LogP) is 2.05. The van der Waals surface area contributed by atoms with Gasteiger partial charge in [0, 0.05) is 13.1 Å². The lowest BCUT2D eigenvalue weighted by Gasteiger charge is -2.36. The molecule has 1 unspecified atom stereocenters. The first-order valence-corrected chi connectivity index (χ1v) is 5.66. The van der Waals surface area contributed by atoms with Gasteiger partial charge in [-0.05, 0) is 37.1 Å². The SMILES string of the molecule is Cc1cc2c3c(c1)CN(C)CC3OCC2. The monoisotopic (exact) mass is 203 g/mol. The van der Waals surface area contributed by atoms with Crippen molar-refractivity contribution < 1.29 is 4.74 Å². The number of nitrogens with zero attached hydrogens (tertiary/aromatic N) is 1. The summed E-state index contributed by atoms with van der Waals surface area (Å²) < 4.78 is 5.85.